The molecule has 1 rings (SSSR count). The summed E-state index contributed by atoms with van der Waals surface area (Å²) in [6, 6.07) is 0. The number of carbonyl (C=O) groups is 1. The van der Waals surface area contributed by atoms with Gasteiger partial charge in [0.2, 0.25) is 21.2 Å². The first-order chi connectivity index (χ1) is 9.09. The lowest BCUT2D eigenvalue weighted by molar-refractivity contribution is -0.268. The van der Waals surface area contributed by atoms with Crippen LogP contribution in [0.2, 0.25) is 0 Å². The van der Waals surface area contributed by atoms with E-state index in [9.17, 15) is 4.79 Å². The topological polar surface area (TPSA) is 51.2 Å². The molecule has 19 heavy (non-hydrogen) atoms. The summed E-state index contributed by atoms with van der Waals surface area (Å²) in [4.78, 5) is 15.6. The predicted octanol–water partition coefficient (Wildman–Crippen LogP) is -0.435. The molecule has 0 aromatic carbocycles. The Kier molecular flexibility index (Phi) is 6.94. The van der Waals surface area contributed by atoms with E-state index >= 15 is 0 Å². The lowest BCUT2D eigenvalue weighted by Crippen LogP contribution is -2.64. The van der Waals surface area contributed by atoms with Crippen LogP contribution in [0, 0.1) is 0 Å². The van der Waals surface area contributed by atoms with Crippen molar-refractivity contribution in [3.63, 3.8) is 0 Å². The molecule has 0 atom stereocenters. The molecule has 1 amide bonds. The number of carbonyl (C=O) groups excluding carboxylic acids is 1. The van der Waals surface area contributed by atoms with Gasteiger partial charge in [-0.15, -0.1) is 0 Å². The van der Waals surface area contributed by atoms with Crippen LogP contribution in [0.5, 0.6) is 0 Å². The van der Waals surface area contributed by atoms with Crippen LogP contribution in [0.15, 0.2) is 0 Å². The summed E-state index contributed by atoms with van der Waals surface area (Å²) in [6.45, 7) is 9.35. The average molecular weight is 290 g/mol. The minimum absolute atomic E-state index is 0.0977. The van der Waals surface area contributed by atoms with Crippen LogP contribution >= 0.6 is 0 Å². The van der Waals surface area contributed by atoms with Crippen LogP contribution in [0.3, 0.4) is 0 Å². The Morgan fingerprint density at radius 1 is 1.16 bits per heavy atom. The molecule has 0 N–H and O–H groups in total. The minimum atomic E-state index is -1.08. The van der Waals surface area contributed by atoms with Gasteiger partial charge in [0.1, 0.15) is 0 Å². The summed E-state index contributed by atoms with van der Waals surface area (Å²) in [7, 11) is 0.745. The highest BCUT2D eigenvalue weighted by Gasteiger charge is 2.42. The molecule has 0 aromatic rings. The highest BCUT2D eigenvalue weighted by Crippen LogP contribution is 2.21. The number of nitrogens with zero attached hydrogens (tertiary/aromatic N) is 2. The van der Waals surface area contributed by atoms with E-state index < -0.39 is 15.3 Å². The summed E-state index contributed by atoms with van der Waals surface area (Å²) >= 11 is 0. The highest BCUT2D eigenvalue weighted by molar-refractivity contribution is 6.30. The minimum Gasteiger partial charge on any atom is -0.416 e. The van der Waals surface area contributed by atoms with E-state index in [0.29, 0.717) is 32.9 Å². The number of likely N-dealkylation sites (N-methyl/N-ethyl adjacent to an activating group) is 1. The van der Waals surface area contributed by atoms with Crippen molar-refractivity contribution in [1.29, 1.82) is 0 Å². The second kappa shape index (κ2) is 7.96. The Hall–Kier alpha value is -0.473. The van der Waals surface area contributed by atoms with E-state index in [1.165, 1.54) is 0 Å². The molecule has 0 aromatic heterocycles. The van der Waals surface area contributed by atoms with Crippen molar-refractivity contribution in [2.45, 2.75) is 26.3 Å². The zero-order chi connectivity index (χ0) is 14.3. The fourth-order valence-electron chi connectivity index (χ4n) is 2.13. The normalized spacial score (nSPS) is 18.7. The number of piperazine rings is 1. The second-order valence-electron chi connectivity index (χ2n) is 4.45. The Bertz CT molecular complexity index is 285. The molecule has 112 valence electrons. The van der Waals surface area contributed by atoms with Gasteiger partial charge in [0, 0.05) is 40.0 Å². The Morgan fingerprint density at radius 2 is 1.79 bits per heavy atom. The van der Waals surface area contributed by atoms with E-state index in [1.807, 2.05) is 32.7 Å². The van der Waals surface area contributed by atoms with E-state index in [1.54, 1.807) is 4.90 Å². The van der Waals surface area contributed by atoms with Gasteiger partial charge in [0.05, 0.1) is 6.54 Å². The second-order valence-corrected chi connectivity index (χ2v) is 6.04. The fraction of sp³-hybridized carbons (Fsp3) is 0.917. The van der Waals surface area contributed by atoms with Gasteiger partial charge in [-0.25, -0.2) is 4.90 Å². The summed E-state index contributed by atoms with van der Waals surface area (Å²) in [6.07, 6.45) is 0. The third-order valence-electron chi connectivity index (χ3n) is 3.17. The van der Waals surface area contributed by atoms with Gasteiger partial charge in [-0.3, -0.25) is 4.79 Å². The molecule has 1 fully saturated rings. The summed E-state index contributed by atoms with van der Waals surface area (Å²) in [5, 5.41) is 0. The van der Waals surface area contributed by atoms with Gasteiger partial charge in [0.15, 0.2) is 0 Å². The number of ether oxygens (including phenoxy) is 2. The van der Waals surface area contributed by atoms with Crippen molar-refractivity contribution in [3.8, 4) is 0 Å². The van der Waals surface area contributed by atoms with E-state index in [4.69, 9.17) is 13.9 Å². The molecule has 0 unspecified atom stereocenters. The standard InChI is InChI=1S/C12H26N2O4Si/c1-5-16-12(17-6-2,19-18-7-3)14-9-8-13(4)11(15)10-14/h5-10,19H2,1-4H3. The van der Waals surface area contributed by atoms with Crippen molar-refractivity contribution in [2.24, 2.45) is 0 Å². The van der Waals surface area contributed by atoms with Crippen LogP contribution in [0.4, 0.5) is 0 Å². The van der Waals surface area contributed by atoms with Crippen molar-refractivity contribution in [1.82, 2.24) is 9.80 Å². The lowest BCUT2D eigenvalue weighted by atomic mass is 10.3. The average Bonchev–Trinajstić information content (AvgIpc) is 2.39. The number of hydrogen-bond acceptors (Lipinski definition) is 5. The van der Waals surface area contributed by atoms with Gasteiger partial charge in [0.25, 0.3) is 0 Å². The Labute approximate surface area is 117 Å². The molecular formula is C12H26N2O4Si. The van der Waals surface area contributed by atoms with Gasteiger partial charge in [-0.2, -0.15) is 0 Å². The summed E-state index contributed by atoms with van der Waals surface area (Å²) < 4.78 is 17.4. The first-order valence-electron chi connectivity index (χ1n) is 6.94. The Balaban J connectivity index is 2.83. The van der Waals surface area contributed by atoms with Gasteiger partial charge in [-0.1, -0.05) is 0 Å². The molecule has 0 saturated carbocycles. The van der Waals surface area contributed by atoms with E-state index in [2.05, 4.69) is 0 Å². The maximum absolute atomic E-state index is 11.9. The zero-order valence-corrected chi connectivity index (χ0v) is 13.9. The fourth-order valence-corrected chi connectivity index (χ4v) is 3.62. The number of rotatable bonds is 8. The molecule has 0 spiro atoms. The SMILES string of the molecule is CCO[SiH2]C(OCC)(OCC)N1CCN(C)C(=O)C1. The van der Waals surface area contributed by atoms with Crippen molar-refractivity contribution in [3.05, 3.63) is 0 Å². The number of hydrogen-bond donors (Lipinski definition) is 0. The van der Waals surface area contributed by atoms with Gasteiger partial charge < -0.3 is 18.8 Å². The molecular weight excluding hydrogens is 264 g/mol. The molecule has 1 aliphatic heterocycles. The molecule has 1 aliphatic rings. The van der Waals surface area contributed by atoms with Crippen molar-refractivity contribution >= 4 is 15.7 Å². The molecule has 0 aliphatic carbocycles. The maximum atomic E-state index is 11.9. The summed E-state index contributed by atoms with van der Waals surface area (Å²) in [5.41, 5.74) is -0.809. The predicted molar refractivity (Wildman–Crippen MR) is 75.4 cm³/mol. The van der Waals surface area contributed by atoms with Gasteiger partial charge >= 0.3 is 0 Å². The molecule has 6 nitrogen and oxygen atoms in total. The van der Waals surface area contributed by atoms with Crippen LogP contribution < -0.4 is 0 Å². The maximum Gasteiger partial charge on any atom is 0.248 e. The number of amides is 1. The lowest BCUT2D eigenvalue weighted by Gasteiger charge is -2.45. The first-order valence-corrected chi connectivity index (χ1v) is 8.22. The van der Waals surface area contributed by atoms with Crippen LogP contribution in [0.1, 0.15) is 20.8 Å². The molecule has 1 saturated heterocycles. The zero-order valence-electron chi connectivity index (χ0n) is 12.5. The van der Waals surface area contributed by atoms with Crippen molar-refractivity contribution in [2.75, 3.05) is 46.5 Å². The smallest absolute Gasteiger partial charge is 0.248 e. The third-order valence-corrected chi connectivity index (χ3v) is 5.00. The Morgan fingerprint density at radius 3 is 2.26 bits per heavy atom. The third kappa shape index (κ3) is 4.25. The molecule has 7 heteroatoms. The molecule has 0 bridgehead atoms. The first kappa shape index (κ1) is 16.6. The van der Waals surface area contributed by atoms with Crippen LogP contribution in [0.25, 0.3) is 0 Å². The van der Waals surface area contributed by atoms with E-state index in [0.717, 1.165) is 6.54 Å². The van der Waals surface area contributed by atoms with Crippen molar-refractivity contribution < 1.29 is 18.7 Å². The van der Waals surface area contributed by atoms with Crippen LogP contribution in [-0.2, 0) is 18.7 Å². The van der Waals surface area contributed by atoms with E-state index in [-0.39, 0.29) is 5.91 Å². The largest absolute Gasteiger partial charge is 0.416 e. The molecule has 0 radical (unpaired) electrons. The van der Waals surface area contributed by atoms with Gasteiger partial charge in [-0.05, 0) is 20.8 Å². The highest BCUT2D eigenvalue weighted by atomic mass is 28.2. The quantitative estimate of drug-likeness (QED) is 0.448. The summed E-state index contributed by atoms with van der Waals surface area (Å²) in [5.74, 6) is 0.0977. The monoisotopic (exact) mass is 290 g/mol. The van der Waals surface area contributed by atoms with Crippen LogP contribution in [-0.4, -0.2) is 77.5 Å². The molecule has 1 heterocycles.